The number of esters is 1. The molecule has 1 atom stereocenters. The number of aromatic nitrogens is 2. The molecule has 32 heavy (non-hydrogen) atoms. The Balaban J connectivity index is 1.94. The van der Waals surface area contributed by atoms with Gasteiger partial charge in [-0.25, -0.2) is 9.79 Å². The number of ether oxygens (including phenoxy) is 1. The maximum atomic E-state index is 13.5. The number of fused-ring (bicyclic) bond motifs is 1. The van der Waals surface area contributed by atoms with Gasteiger partial charge in [-0.05, 0) is 62.4 Å². The first-order valence-corrected chi connectivity index (χ1v) is 12.2. The molecule has 0 bridgehead atoms. The van der Waals surface area contributed by atoms with Crippen LogP contribution in [-0.2, 0) is 9.53 Å². The van der Waals surface area contributed by atoms with Crippen LogP contribution in [0, 0.1) is 0 Å². The number of thiazole rings is 1. The zero-order valence-corrected chi connectivity index (χ0v) is 19.9. The van der Waals surface area contributed by atoms with Crippen LogP contribution in [0.1, 0.15) is 37.9 Å². The normalized spacial score (nSPS) is 16.2. The Morgan fingerprint density at radius 3 is 2.62 bits per heavy atom. The van der Waals surface area contributed by atoms with E-state index in [1.54, 1.807) is 55.6 Å². The number of carbonyl (C=O) groups excluding carboxylic acids is 1. The molecule has 2 aromatic heterocycles. The Bertz CT molecular complexity index is 1350. The molecule has 3 aromatic rings. The van der Waals surface area contributed by atoms with E-state index in [4.69, 9.17) is 4.74 Å². The minimum absolute atomic E-state index is 0.195. The quantitative estimate of drug-likeness (QED) is 0.427. The standard InChI is InChI=1S/C24H23N3O3S2/c1-14(2)30-23(29)20-15(3)26-24-27(21(20)17-7-9-18(31-4)10-8-17)22(28)19(32-24)12-16-6-5-11-25-13-16/h5-14,21H,1-4H3/b19-12-/t21-/m0/s1. The second-order valence-electron chi connectivity index (χ2n) is 7.60. The van der Waals surface area contributed by atoms with Gasteiger partial charge in [0.25, 0.3) is 5.56 Å². The number of nitrogens with zero attached hydrogens (tertiary/aromatic N) is 3. The largest absolute Gasteiger partial charge is 0.459 e. The van der Waals surface area contributed by atoms with E-state index in [-0.39, 0.29) is 11.7 Å². The van der Waals surface area contributed by atoms with Gasteiger partial charge in [0.05, 0.1) is 27.9 Å². The molecule has 6 nitrogen and oxygen atoms in total. The Kier molecular flexibility index (Phi) is 6.43. The van der Waals surface area contributed by atoms with Gasteiger partial charge in [0.15, 0.2) is 4.80 Å². The number of rotatable bonds is 5. The monoisotopic (exact) mass is 465 g/mol. The van der Waals surface area contributed by atoms with Crippen LogP contribution in [0.5, 0.6) is 0 Å². The summed E-state index contributed by atoms with van der Waals surface area (Å²) in [5.74, 6) is -0.457. The Morgan fingerprint density at radius 1 is 1.25 bits per heavy atom. The summed E-state index contributed by atoms with van der Waals surface area (Å²) in [6, 6.07) is 11.0. The summed E-state index contributed by atoms with van der Waals surface area (Å²) >= 11 is 2.94. The number of benzene rings is 1. The first kappa shape index (κ1) is 22.2. The van der Waals surface area contributed by atoms with Crippen molar-refractivity contribution in [3.8, 4) is 0 Å². The van der Waals surface area contributed by atoms with Crippen LogP contribution in [0.15, 0.2) is 74.7 Å². The molecular weight excluding hydrogens is 442 g/mol. The van der Waals surface area contributed by atoms with E-state index in [9.17, 15) is 9.59 Å². The van der Waals surface area contributed by atoms with E-state index < -0.39 is 12.0 Å². The smallest absolute Gasteiger partial charge is 0.338 e. The van der Waals surface area contributed by atoms with Gasteiger partial charge in [-0.2, -0.15) is 0 Å². The highest BCUT2D eigenvalue weighted by Crippen LogP contribution is 2.31. The molecule has 0 unspecified atom stereocenters. The van der Waals surface area contributed by atoms with Crippen LogP contribution >= 0.6 is 23.1 Å². The molecule has 0 saturated carbocycles. The van der Waals surface area contributed by atoms with Crippen molar-refractivity contribution in [3.05, 3.63) is 90.9 Å². The summed E-state index contributed by atoms with van der Waals surface area (Å²) in [6.07, 6.45) is 6.92. The zero-order valence-electron chi connectivity index (χ0n) is 18.2. The lowest BCUT2D eigenvalue weighted by molar-refractivity contribution is -0.143. The van der Waals surface area contributed by atoms with Crippen LogP contribution in [0.4, 0.5) is 0 Å². The van der Waals surface area contributed by atoms with Crippen LogP contribution < -0.4 is 14.9 Å². The second kappa shape index (κ2) is 9.26. The fraction of sp³-hybridized carbons (Fsp3) is 0.250. The molecule has 4 rings (SSSR count). The lowest BCUT2D eigenvalue weighted by atomic mass is 9.96. The number of allylic oxidation sites excluding steroid dienone is 1. The van der Waals surface area contributed by atoms with Crippen LogP contribution in [-0.4, -0.2) is 27.9 Å². The van der Waals surface area contributed by atoms with E-state index in [1.165, 1.54) is 11.3 Å². The van der Waals surface area contributed by atoms with Crippen molar-refractivity contribution in [2.45, 2.75) is 37.8 Å². The lowest BCUT2D eigenvalue weighted by Gasteiger charge is -2.25. The van der Waals surface area contributed by atoms with E-state index in [0.717, 1.165) is 16.0 Å². The molecule has 0 spiro atoms. The first-order valence-electron chi connectivity index (χ1n) is 10.2. The van der Waals surface area contributed by atoms with E-state index in [1.807, 2.05) is 42.7 Å². The fourth-order valence-electron chi connectivity index (χ4n) is 3.57. The molecule has 0 aliphatic carbocycles. The SMILES string of the molecule is CSc1ccc([C@H]2C(C(=O)OC(C)C)=C(C)N=c3s/c(=C\c4cccnc4)c(=O)n32)cc1. The van der Waals surface area contributed by atoms with E-state index >= 15 is 0 Å². The minimum Gasteiger partial charge on any atom is -0.459 e. The molecule has 164 valence electrons. The minimum atomic E-state index is -0.607. The third kappa shape index (κ3) is 4.33. The summed E-state index contributed by atoms with van der Waals surface area (Å²) in [5.41, 5.74) is 2.41. The van der Waals surface area contributed by atoms with Gasteiger partial charge in [0.2, 0.25) is 0 Å². The maximum absolute atomic E-state index is 13.5. The van der Waals surface area contributed by atoms with Gasteiger partial charge in [-0.3, -0.25) is 14.3 Å². The molecule has 0 N–H and O–H groups in total. The van der Waals surface area contributed by atoms with Crippen LogP contribution in [0.2, 0.25) is 0 Å². The molecule has 1 aliphatic heterocycles. The molecular formula is C24H23N3O3S2. The summed E-state index contributed by atoms with van der Waals surface area (Å²) in [5, 5.41) is 0. The maximum Gasteiger partial charge on any atom is 0.338 e. The van der Waals surface area contributed by atoms with Gasteiger partial charge >= 0.3 is 5.97 Å². The fourth-order valence-corrected chi connectivity index (χ4v) is 5.03. The molecule has 1 aromatic carbocycles. The number of carbonyl (C=O) groups is 1. The van der Waals surface area contributed by atoms with Gasteiger partial charge < -0.3 is 4.74 Å². The summed E-state index contributed by atoms with van der Waals surface area (Å²) in [6.45, 7) is 5.40. The van der Waals surface area contributed by atoms with Crippen molar-refractivity contribution >= 4 is 35.1 Å². The molecule has 0 saturated heterocycles. The van der Waals surface area contributed by atoms with Gasteiger partial charge in [-0.15, -0.1) is 11.8 Å². The molecule has 8 heteroatoms. The number of hydrogen-bond donors (Lipinski definition) is 0. The van der Waals surface area contributed by atoms with Crippen LogP contribution in [0.3, 0.4) is 0 Å². The van der Waals surface area contributed by atoms with Crippen molar-refractivity contribution in [1.82, 2.24) is 9.55 Å². The Morgan fingerprint density at radius 2 is 2.00 bits per heavy atom. The summed E-state index contributed by atoms with van der Waals surface area (Å²) in [7, 11) is 0. The highest BCUT2D eigenvalue weighted by molar-refractivity contribution is 7.98. The average molecular weight is 466 g/mol. The molecule has 0 fully saturated rings. The van der Waals surface area contributed by atoms with Crippen molar-refractivity contribution in [1.29, 1.82) is 0 Å². The number of thioether (sulfide) groups is 1. The lowest BCUT2D eigenvalue weighted by Crippen LogP contribution is -2.40. The third-order valence-electron chi connectivity index (χ3n) is 5.00. The topological polar surface area (TPSA) is 73.6 Å². The highest BCUT2D eigenvalue weighted by Gasteiger charge is 2.33. The predicted octanol–water partition coefficient (Wildman–Crippen LogP) is 3.30. The third-order valence-corrected chi connectivity index (χ3v) is 6.72. The Labute approximate surface area is 194 Å². The van der Waals surface area contributed by atoms with Crippen molar-refractivity contribution in [2.75, 3.05) is 6.26 Å². The summed E-state index contributed by atoms with van der Waals surface area (Å²) < 4.78 is 7.66. The highest BCUT2D eigenvalue weighted by atomic mass is 32.2. The zero-order chi connectivity index (χ0) is 22.8. The van der Waals surface area contributed by atoms with Crippen molar-refractivity contribution < 1.29 is 9.53 Å². The molecule has 0 amide bonds. The second-order valence-corrected chi connectivity index (χ2v) is 9.48. The van der Waals surface area contributed by atoms with Gasteiger partial charge in [0.1, 0.15) is 0 Å². The van der Waals surface area contributed by atoms with Gasteiger partial charge in [0, 0.05) is 17.3 Å². The van der Waals surface area contributed by atoms with E-state index in [0.29, 0.717) is 20.6 Å². The van der Waals surface area contributed by atoms with Crippen molar-refractivity contribution in [2.24, 2.45) is 4.99 Å². The van der Waals surface area contributed by atoms with Crippen molar-refractivity contribution in [3.63, 3.8) is 0 Å². The first-order chi connectivity index (χ1) is 15.4. The van der Waals surface area contributed by atoms with Crippen LogP contribution in [0.25, 0.3) is 6.08 Å². The molecule has 3 heterocycles. The predicted molar refractivity (Wildman–Crippen MR) is 127 cm³/mol. The molecule has 0 radical (unpaired) electrons. The molecule has 1 aliphatic rings. The Hall–Kier alpha value is -2.97. The van der Waals surface area contributed by atoms with Gasteiger partial charge in [-0.1, -0.05) is 29.5 Å². The van der Waals surface area contributed by atoms with E-state index in [2.05, 4.69) is 9.98 Å². The number of pyridine rings is 1. The average Bonchev–Trinajstić information content (AvgIpc) is 3.07. The number of hydrogen-bond acceptors (Lipinski definition) is 7. The summed E-state index contributed by atoms with van der Waals surface area (Å²) in [4.78, 5) is 37.0.